The van der Waals surface area contributed by atoms with Crippen LogP contribution in [0.25, 0.3) is 10.8 Å². The fourth-order valence-corrected chi connectivity index (χ4v) is 4.11. The molecule has 2 aromatic heterocycles. The minimum atomic E-state index is 0. The topological polar surface area (TPSA) is 50.5 Å². The number of hydrogen-bond acceptors (Lipinski definition) is 6. The average Bonchev–Trinajstić information content (AvgIpc) is 3.33. The molecular formula is C20H24ClN3O2S. The number of aromatic nitrogens is 1. The van der Waals surface area contributed by atoms with Gasteiger partial charge >= 0.3 is 0 Å². The minimum Gasteiger partial charge on any atom is -0.496 e. The molecular weight excluding hydrogens is 382 g/mol. The second-order valence-electron chi connectivity index (χ2n) is 6.43. The Labute approximate surface area is 169 Å². The summed E-state index contributed by atoms with van der Waals surface area (Å²) >= 11 is 1.65. The molecule has 1 atom stereocenters. The van der Waals surface area contributed by atoms with E-state index in [1.54, 1.807) is 18.4 Å². The number of nitrogens with zero attached hydrogens (tertiary/aromatic N) is 2. The quantitative estimate of drug-likeness (QED) is 0.686. The Hall–Kier alpha value is -1.86. The Morgan fingerprint density at radius 1 is 1.30 bits per heavy atom. The normalized spacial score (nSPS) is 17.5. The maximum Gasteiger partial charge on any atom is 0.236 e. The number of methoxy groups -OCH3 is 1. The molecule has 0 saturated carbocycles. The monoisotopic (exact) mass is 405 g/mol. The third-order valence-electron chi connectivity index (χ3n) is 4.83. The van der Waals surface area contributed by atoms with Gasteiger partial charge in [-0.2, -0.15) is 0 Å². The van der Waals surface area contributed by atoms with Crippen LogP contribution in [-0.4, -0.2) is 36.6 Å². The number of nitrogens with one attached hydrogen (secondary N) is 1. The first-order valence-electron chi connectivity index (χ1n) is 8.84. The van der Waals surface area contributed by atoms with Crippen molar-refractivity contribution in [1.29, 1.82) is 0 Å². The molecule has 7 heteroatoms. The summed E-state index contributed by atoms with van der Waals surface area (Å²) in [7, 11) is 1.73. The molecule has 3 aromatic rings. The van der Waals surface area contributed by atoms with Crippen molar-refractivity contribution in [2.45, 2.75) is 19.5 Å². The molecule has 4 rings (SSSR count). The Morgan fingerprint density at radius 2 is 2.15 bits per heavy atom. The zero-order valence-corrected chi connectivity index (χ0v) is 17.1. The van der Waals surface area contributed by atoms with Crippen LogP contribution in [0.4, 0.5) is 0 Å². The molecule has 0 aliphatic carbocycles. The molecule has 1 aromatic carbocycles. The van der Waals surface area contributed by atoms with E-state index in [4.69, 9.17) is 14.1 Å². The van der Waals surface area contributed by atoms with Crippen LogP contribution >= 0.6 is 23.7 Å². The highest BCUT2D eigenvalue weighted by Crippen LogP contribution is 2.32. The van der Waals surface area contributed by atoms with Crippen molar-refractivity contribution >= 4 is 23.7 Å². The molecule has 144 valence electrons. The molecule has 1 N–H and O–H groups in total. The molecule has 3 heterocycles. The summed E-state index contributed by atoms with van der Waals surface area (Å²) in [6.45, 7) is 5.60. The Balaban J connectivity index is 0.00000210. The third-order valence-corrected chi connectivity index (χ3v) is 5.69. The van der Waals surface area contributed by atoms with E-state index in [1.807, 2.05) is 36.6 Å². The summed E-state index contributed by atoms with van der Waals surface area (Å²) in [5.74, 6) is 2.55. The van der Waals surface area contributed by atoms with Crippen LogP contribution in [0.15, 0.2) is 46.2 Å². The standard InChI is InChI=1S/C20H23N3O2S.ClH/c1-14-16(22-20(25-14)19-8-5-11-26-19)13-23-10-9-21-12-17(23)15-6-3-4-7-18(15)24-2;/h3-8,11,17,21H,9-10,12-13H2,1-2H3;1H. The number of piperazine rings is 1. The van der Waals surface area contributed by atoms with E-state index in [1.165, 1.54) is 5.56 Å². The number of hydrogen-bond donors (Lipinski definition) is 1. The van der Waals surface area contributed by atoms with E-state index in [-0.39, 0.29) is 18.4 Å². The van der Waals surface area contributed by atoms with Gasteiger partial charge in [0.05, 0.1) is 23.7 Å². The largest absolute Gasteiger partial charge is 0.496 e. The van der Waals surface area contributed by atoms with E-state index >= 15 is 0 Å². The fraction of sp³-hybridized carbons (Fsp3) is 0.350. The highest BCUT2D eigenvalue weighted by molar-refractivity contribution is 7.13. The van der Waals surface area contributed by atoms with Crippen LogP contribution in [-0.2, 0) is 6.54 Å². The van der Waals surface area contributed by atoms with Crippen molar-refractivity contribution < 1.29 is 9.15 Å². The molecule has 1 fully saturated rings. The predicted molar refractivity (Wildman–Crippen MR) is 111 cm³/mol. The van der Waals surface area contributed by atoms with Crippen molar-refractivity contribution in [2.24, 2.45) is 0 Å². The predicted octanol–water partition coefficient (Wildman–Crippen LogP) is 4.29. The average molecular weight is 406 g/mol. The molecule has 1 saturated heterocycles. The van der Waals surface area contributed by atoms with Crippen molar-refractivity contribution in [2.75, 3.05) is 26.7 Å². The molecule has 0 amide bonds. The minimum absolute atomic E-state index is 0. The van der Waals surface area contributed by atoms with Gasteiger partial charge in [-0.3, -0.25) is 4.90 Å². The van der Waals surface area contributed by atoms with Gasteiger partial charge in [-0.15, -0.1) is 23.7 Å². The van der Waals surface area contributed by atoms with Gasteiger partial charge in [-0.05, 0) is 24.4 Å². The number of ether oxygens (including phenoxy) is 1. The van der Waals surface area contributed by atoms with Gasteiger partial charge in [0, 0.05) is 31.7 Å². The van der Waals surface area contributed by atoms with Gasteiger partial charge in [-0.1, -0.05) is 24.3 Å². The second kappa shape index (κ2) is 8.89. The number of thiophene rings is 1. The van der Waals surface area contributed by atoms with E-state index in [0.29, 0.717) is 0 Å². The van der Waals surface area contributed by atoms with Gasteiger partial charge < -0.3 is 14.5 Å². The van der Waals surface area contributed by atoms with Crippen LogP contribution in [0.2, 0.25) is 0 Å². The van der Waals surface area contributed by atoms with E-state index in [0.717, 1.165) is 54.2 Å². The first-order valence-corrected chi connectivity index (χ1v) is 9.72. The summed E-state index contributed by atoms with van der Waals surface area (Å²) in [6, 6.07) is 12.6. The summed E-state index contributed by atoms with van der Waals surface area (Å²) in [4.78, 5) is 8.29. The Kier molecular flexibility index (Phi) is 6.55. The first-order chi connectivity index (χ1) is 12.8. The number of benzene rings is 1. The number of para-hydroxylation sites is 1. The lowest BCUT2D eigenvalue weighted by Gasteiger charge is -2.36. The van der Waals surface area contributed by atoms with Crippen LogP contribution in [0.3, 0.4) is 0 Å². The van der Waals surface area contributed by atoms with Gasteiger partial charge in [-0.25, -0.2) is 4.98 Å². The summed E-state index contributed by atoms with van der Waals surface area (Å²) in [6.07, 6.45) is 0. The van der Waals surface area contributed by atoms with Crippen LogP contribution < -0.4 is 10.1 Å². The van der Waals surface area contributed by atoms with Gasteiger partial charge in [0.1, 0.15) is 11.5 Å². The fourth-order valence-electron chi connectivity index (χ4n) is 3.46. The molecule has 0 spiro atoms. The molecule has 0 bridgehead atoms. The zero-order chi connectivity index (χ0) is 17.9. The van der Waals surface area contributed by atoms with Gasteiger partial charge in [0.25, 0.3) is 0 Å². The van der Waals surface area contributed by atoms with Crippen molar-refractivity contribution in [3.05, 3.63) is 58.8 Å². The van der Waals surface area contributed by atoms with Gasteiger partial charge in [0.15, 0.2) is 0 Å². The smallest absolute Gasteiger partial charge is 0.236 e. The third kappa shape index (κ3) is 4.19. The van der Waals surface area contributed by atoms with Crippen molar-refractivity contribution in [3.8, 4) is 16.5 Å². The molecule has 27 heavy (non-hydrogen) atoms. The summed E-state index contributed by atoms with van der Waals surface area (Å²) in [5.41, 5.74) is 2.22. The summed E-state index contributed by atoms with van der Waals surface area (Å²) < 4.78 is 11.5. The Morgan fingerprint density at radius 3 is 2.93 bits per heavy atom. The summed E-state index contributed by atoms with van der Waals surface area (Å²) in [5, 5.41) is 5.55. The number of oxazole rings is 1. The van der Waals surface area contributed by atoms with Crippen LogP contribution in [0.5, 0.6) is 5.75 Å². The maximum absolute atomic E-state index is 5.92. The molecule has 1 aliphatic rings. The SMILES string of the molecule is COc1ccccc1C1CNCCN1Cc1nc(-c2cccs2)oc1C.Cl. The zero-order valence-electron chi connectivity index (χ0n) is 15.5. The molecule has 0 radical (unpaired) electrons. The molecule has 1 unspecified atom stereocenters. The lowest BCUT2D eigenvalue weighted by Crippen LogP contribution is -2.45. The number of rotatable bonds is 5. The number of halogens is 1. The van der Waals surface area contributed by atoms with E-state index in [9.17, 15) is 0 Å². The number of aryl methyl sites for hydroxylation is 1. The van der Waals surface area contributed by atoms with Crippen molar-refractivity contribution in [1.82, 2.24) is 15.2 Å². The lowest BCUT2D eigenvalue weighted by molar-refractivity contribution is 0.149. The van der Waals surface area contributed by atoms with E-state index in [2.05, 4.69) is 22.3 Å². The van der Waals surface area contributed by atoms with E-state index < -0.39 is 0 Å². The lowest BCUT2D eigenvalue weighted by atomic mass is 10.0. The second-order valence-corrected chi connectivity index (χ2v) is 7.38. The first kappa shape index (κ1) is 19.9. The highest BCUT2D eigenvalue weighted by Gasteiger charge is 2.27. The highest BCUT2D eigenvalue weighted by atomic mass is 35.5. The molecule has 5 nitrogen and oxygen atoms in total. The van der Waals surface area contributed by atoms with Crippen molar-refractivity contribution in [3.63, 3.8) is 0 Å². The Bertz CT molecular complexity index is 866. The van der Waals surface area contributed by atoms with Crippen LogP contribution in [0, 0.1) is 6.92 Å². The van der Waals surface area contributed by atoms with Gasteiger partial charge in [0.2, 0.25) is 5.89 Å². The molecule has 1 aliphatic heterocycles. The maximum atomic E-state index is 5.92. The van der Waals surface area contributed by atoms with Crippen LogP contribution in [0.1, 0.15) is 23.1 Å².